The molecule has 1 aliphatic carbocycles. The number of carbonyl (C=O) groups is 1. The zero-order valence-electron chi connectivity index (χ0n) is 15.2. The van der Waals surface area contributed by atoms with E-state index in [-0.39, 0.29) is 11.7 Å². The quantitative estimate of drug-likeness (QED) is 0.823. The van der Waals surface area contributed by atoms with E-state index in [0.29, 0.717) is 12.0 Å². The minimum atomic E-state index is -0.967. The van der Waals surface area contributed by atoms with Crippen LogP contribution in [-0.2, 0) is 4.79 Å². The Kier molecular flexibility index (Phi) is 4.86. The first-order valence-corrected chi connectivity index (χ1v) is 9.69. The molecule has 1 aromatic rings. The van der Waals surface area contributed by atoms with Crippen LogP contribution >= 0.6 is 0 Å². The highest BCUT2D eigenvalue weighted by Crippen LogP contribution is 2.38. The molecule has 0 aromatic heterocycles. The fourth-order valence-corrected chi connectivity index (χ4v) is 4.56. The summed E-state index contributed by atoms with van der Waals surface area (Å²) in [6.07, 6.45) is 5.34. The van der Waals surface area contributed by atoms with Crippen LogP contribution in [0.5, 0.6) is 5.75 Å². The molecule has 3 aliphatic rings. The van der Waals surface area contributed by atoms with Gasteiger partial charge in [-0.1, -0.05) is 0 Å². The van der Waals surface area contributed by atoms with Gasteiger partial charge in [-0.3, -0.25) is 9.69 Å². The fraction of sp³-hybridized carbons (Fsp3) is 0.650. The van der Waals surface area contributed by atoms with Gasteiger partial charge in [0, 0.05) is 31.2 Å². The number of nitrogens with zero attached hydrogens (tertiary/aromatic N) is 2. The highest BCUT2D eigenvalue weighted by atomic mass is 19.2. The van der Waals surface area contributed by atoms with Gasteiger partial charge in [0.25, 0.3) is 5.91 Å². The number of carbonyl (C=O) groups excluding carboxylic acids is 1. The van der Waals surface area contributed by atoms with Crippen LogP contribution in [0.15, 0.2) is 18.2 Å². The smallest absolute Gasteiger partial charge is 0.263 e. The molecule has 0 N–H and O–H groups in total. The Hall–Kier alpha value is -1.69. The van der Waals surface area contributed by atoms with Gasteiger partial charge < -0.3 is 9.64 Å². The van der Waals surface area contributed by atoms with Crippen LogP contribution in [-0.4, -0.2) is 53.5 Å². The van der Waals surface area contributed by atoms with Gasteiger partial charge in [-0.25, -0.2) is 8.78 Å². The largest absolute Gasteiger partial charge is 0.481 e. The second-order valence-corrected chi connectivity index (χ2v) is 7.85. The lowest BCUT2D eigenvalue weighted by Gasteiger charge is -2.47. The topological polar surface area (TPSA) is 32.8 Å². The first-order chi connectivity index (χ1) is 12.5. The van der Waals surface area contributed by atoms with Gasteiger partial charge in [0.1, 0.15) is 5.75 Å². The summed E-state index contributed by atoms with van der Waals surface area (Å²) < 4.78 is 31.9. The molecule has 142 valence electrons. The van der Waals surface area contributed by atoms with Crippen molar-refractivity contribution in [3.8, 4) is 5.75 Å². The molecule has 4 nitrogen and oxygen atoms in total. The molecule has 0 radical (unpaired) electrons. The summed E-state index contributed by atoms with van der Waals surface area (Å²) in [6, 6.07) is 4.74. The van der Waals surface area contributed by atoms with Crippen molar-refractivity contribution < 1.29 is 18.3 Å². The fourth-order valence-electron chi connectivity index (χ4n) is 4.56. The molecule has 2 aliphatic heterocycles. The Morgan fingerprint density at radius 1 is 1.15 bits per heavy atom. The second kappa shape index (κ2) is 7.14. The molecular weight excluding hydrogens is 338 g/mol. The van der Waals surface area contributed by atoms with Crippen LogP contribution in [0.2, 0.25) is 0 Å². The molecule has 4 rings (SSSR count). The zero-order chi connectivity index (χ0) is 18.3. The molecule has 26 heavy (non-hydrogen) atoms. The maximum absolute atomic E-state index is 13.3. The van der Waals surface area contributed by atoms with E-state index >= 15 is 0 Å². The number of likely N-dealkylation sites (tertiary alicyclic amines) is 2. The third kappa shape index (κ3) is 3.56. The maximum Gasteiger partial charge on any atom is 0.263 e. The first-order valence-electron chi connectivity index (χ1n) is 9.69. The molecule has 1 aromatic carbocycles. The Balaban J connectivity index is 1.36. The van der Waals surface area contributed by atoms with E-state index in [9.17, 15) is 13.6 Å². The lowest BCUT2D eigenvalue weighted by molar-refractivity contribution is -0.141. The van der Waals surface area contributed by atoms with Crippen molar-refractivity contribution >= 4 is 5.91 Å². The molecule has 3 unspecified atom stereocenters. The van der Waals surface area contributed by atoms with Gasteiger partial charge in [0.05, 0.1) is 0 Å². The van der Waals surface area contributed by atoms with Gasteiger partial charge >= 0.3 is 0 Å². The molecule has 1 amide bonds. The van der Waals surface area contributed by atoms with Crippen molar-refractivity contribution in [3.63, 3.8) is 0 Å². The zero-order valence-corrected chi connectivity index (χ0v) is 15.2. The van der Waals surface area contributed by atoms with Gasteiger partial charge in [0.2, 0.25) is 0 Å². The van der Waals surface area contributed by atoms with Crippen molar-refractivity contribution in [2.75, 3.05) is 19.6 Å². The monoisotopic (exact) mass is 364 g/mol. The van der Waals surface area contributed by atoms with Crippen molar-refractivity contribution in [2.45, 2.75) is 57.2 Å². The van der Waals surface area contributed by atoms with Crippen molar-refractivity contribution in [2.24, 2.45) is 5.92 Å². The standard InChI is InChI=1S/C20H26F2N2O2/c1-13(26-16-6-7-17(21)18(22)11-16)20(25)23-10-8-19-14(12-23)3-2-9-24(19)15-4-5-15/h6-7,11,13-15,19H,2-5,8-10,12H2,1H3. The van der Waals surface area contributed by atoms with E-state index in [1.54, 1.807) is 6.92 Å². The van der Waals surface area contributed by atoms with E-state index in [4.69, 9.17) is 4.74 Å². The molecule has 1 saturated carbocycles. The number of ether oxygens (including phenoxy) is 1. The van der Waals surface area contributed by atoms with E-state index in [1.807, 2.05) is 4.90 Å². The predicted molar refractivity (Wildman–Crippen MR) is 93.9 cm³/mol. The Morgan fingerprint density at radius 2 is 1.96 bits per heavy atom. The third-order valence-corrected chi connectivity index (χ3v) is 5.99. The van der Waals surface area contributed by atoms with Crippen LogP contribution in [0.4, 0.5) is 8.78 Å². The summed E-state index contributed by atoms with van der Waals surface area (Å²) in [7, 11) is 0. The number of benzene rings is 1. The summed E-state index contributed by atoms with van der Waals surface area (Å²) in [5.41, 5.74) is 0. The lowest BCUT2D eigenvalue weighted by atomic mass is 9.83. The minimum absolute atomic E-state index is 0.0725. The Bertz CT molecular complexity index is 680. The molecular formula is C20H26F2N2O2. The maximum atomic E-state index is 13.3. The van der Waals surface area contributed by atoms with Crippen LogP contribution in [0.1, 0.15) is 39.0 Å². The van der Waals surface area contributed by atoms with Crippen LogP contribution in [0.25, 0.3) is 0 Å². The van der Waals surface area contributed by atoms with Gasteiger partial charge in [0.15, 0.2) is 17.7 Å². The summed E-state index contributed by atoms with van der Waals surface area (Å²) in [5, 5.41) is 0. The molecule has 2 heterocycles. The molecule has 0 bridgehead atoms. The Morgan fingerprint density at radius 3 is 2.69 bits per heavy atom. The van der Waals surface area contributed by atoms with Crippen LogP contribution in [0, 0.1) is 17.6 Å². The number of hydrogen-bond donors (Lipinski definition) is 0. The van der Waals surface area contributed by atoms with Crippen LogP contribution in [0.3, 0.4) is 0 Å². The number of piperidine rings is 2. The SMILES string of the molecule is CC(Oc1ccc(F)c(F)c1)C(=O)N1CCC2C(CCCN2C2CC2)C1. The highest BCUT2D eigenvalue weighted by molar-refractivity contribution is 5.81. The van der Waals surface area contributed by atoms with Crippen molar-refractivity contribution in [3.05, 3.63) is 29.8 Å². The first kappa shape index (κ1) is 17.7. The van der Waals surface area contributed by atoms with Crippen molar-refractivity contribution in [1.29, 1.82) is 0 Å². The minimum Gasteiger partial charge on any atom is -0.481 e. The van der Waals surface area contributed by atoms with Gasteiger partial charge in [-0.05, 0) is 63.6 Å². The molecule has 3 atom stereocenters. The van der Waals surface area contributed by atoms with Crippen LogP contribution < -0.4 is 4.74 Å². The molecule has 0 spiro atoms. The average molecular weight is 364 g/mol. The predicted octanol–water partition coefficient (Wildman–Crippen LogP) is 3.21. The molecule has 3 fully saturated rings. The van der Waals surface area contributed by atoms with Crippen molar-refractivity contribution in [1.82, 2.24) is 9.80 Å². The molecule has 2 saturated heterocycles. The summed E-state index contributed by atoms with van der Waals surface area (Å²) in [6.45, 7) is 4.40. The number of rotatable bonds is 4. The summed E-state index contributed by atoms with van der Waals surface area (Å²) in [4.78, 5) is 17.3. The molecule has 6 heteroatoms. The second-order valence-electron chi connectivity index (χ2n) is 7.85. The van der Waals surface area contributed by atoms with E-state index in [0.717, 1.165) is 37.7 Å². The summed E-state index contributed by atoms with van der Waals surface area (Å²) in [5.74, 6) is -1.24. The number of halogens is 2. The van der Waals surface area contributed by atoms with E-state index in [2.05, 4.69) is 4.90 Å². The number of fused-ring (bicyclic) bond motifs is 1. The third-order valence-electron chi connectivity index (χ3n) is 5.99. The van der Waals surface area contributed by atoms with Gasteiger partial charge in [-0.2, -0.15) is 0 Å². The van der Waals surface area contributed by atoms with E-state index in [1.165, 1.54) is 38.3 Å². The van der Waals surface area contributed by atoms with E-state index < -0.39 is 17.7 Å². The normalized spacial score (nSPS) is 27.7. The summed E-state index contributed by atoms with van der Waals surface area (Å²) >= 11 is 0. The number of hydrogen-bond acceptors (Lipinski definition) is 3. The average Bonchev–Trinajstić information content (AvgIpc) is 3.48. The highest BCUT2D eigenvalue weighted by Gasteiger charge is 2.43. The lowest BCUT2D eigenvalue weighted by Crippen LogP contribution is -2.57. The number of amides is 1. The Labute approximate surface area is 153 Å². The van der Waals surface area contributed by atoms with Gasteiger partial charge in [-0.15, -0.1) is 0 Å².